The van der Waals surface area contributed by atoms with Gasteiger partial charge in [-0.3, -0.25) is 0 Å². The summed E-state index contributed by atoms with van der Waals surface area (Å²) in [6.45, 7) is 13.4. The molecule has 0 N–H and O–H groups in total. The Hall–Kier alpha value is -1.82. The molecule has 2 rings (SSSR count). The third kappa shape index (κ3) is 1.57. The molecule has 0 atom stereocenters. The summed E-state index contributed by atoms with van der Waals surface area (Å²) < 4.78 is 2.07. The minimum absolute atomic E-state index is 0.0199. The zero-order valence-electron chi connectivity index (χ0n) is 10.1. The van der Waals surface area contributed by atoms with Crippen LogP contribution in [0.25, 0.3) is 15.9 Å². The molecular formula is C13H15N3. The van der Waals surface area contributed by atoms with Gasteiger partial charge in [-0.25, -0.2) is 9.83 Å². The minimum atomic E-state index is 0.0199. The Morgan fingerprint density at radius 3 is 2.56 bits per heavy atom. The van der Waals surface area contributed by atoms with E-state index in [9.17, 15) is 0 Å². The highest BCUT2D eigenvalue weighted by atomic mass is 15.1. The van der Waals surface area contributed by atoms with Crippen molar-refractivity contribution in [2.75, 3.05) is 0 Å². The van der Waals surface area contributed by atoms with E-state index in [0.29, 0.717) is 5.69 Å². The summed E-state index contributed by atoms with van der Waals surface area (Å²) in [6.07, 6.45) is 0. The van der Waals surface area contributed by atoms with Gasteiger partial charge in [0.15, 0.2) is 5.69 Å². The molecule has 0 amide bonds. The van der Waals surface area contributed by atoms with Crippen LogP contribution in [0.1, 0.15) is 26.6 Å². The van der Waals surface area contributed by atoms with Gasteiger partial charge in [-0.2, -0.15) is 0 Å². The smallest absolute Gasteiger partial charge is 0.189 e. The fraction of sp³-hybridized carbons (Fsp3) is 0.385. The molecule has 0 radical (unpaired) electrons. The van der Waals surface area contributed by atoms with Gasteiger partial charge in [-0.1, -0.05) is 26.8 Å². The number of fused-ring (bicyclic) bond motifs is 1. The Morgan fingerprint density at radius 1 is 1.31 bits per heavy atom. The van der Waals surface area contributed by atoms with Crippen molar-refractivity contribution in [3.8, 4) is 0 Å². The van der Waals surface area contributed by atoms with Crippen molar-refractivity contribution >= 4 is 16.7 Å². The molecule has 0 unspecified atom stereocenters. The van der Waals surface area contributed by atoms with Crippen LogP contribution < -0.4 is 0 Å². The molecule has 1 heterocycles. The topological polar surface area (TPSA) is 22.2 Å². The molecule has 0 saturated carbocycles. The second-order valence-corrected chi connectivity index (χ2v) is 5.03. The van der Waals surface area contributed by atoms with Crippen LogP contribution in [0.2, 0.25) is 0 Å². The summed E-state index contributed by atoms with van der Waals surface area (Å²) in [5.74, 6) is 1.05. The van der Waals surface area contributed by atoms with Crippen molar-refractivity contribution in [3.63, 3.8) is 0 Å². The van der Waals surface area contributed by atoms with E-state index in [1.54, 1.807) is 0 Å². The van der Waals surface area contributed by atoms with Gasteiger partial charge in [-0.15, -0.1) is 0 Å². The first kappa shape index (κ1) is 10.7. The molecule has 0 saturated heterocycles. The van der Waals surface area contributed by atoms with E-state index < -0.39 is 0 Å². The van der Waals surface area contributed by atoms with Gasteiger partial charge < -0.3 is 4.57 Å². The number of hydrogen-bond acceptors (Lipinski definition) is 1. The van der Waals surface area contributed by atoms with Crippen LogP contribution in [-0.2, 0) is 12.5 Å². The normalized spacial score (nSPS) is 11.7. The Kier molecular flexibility index (Phi) is 2.23. The van der Waals surface area contributed by atoms with E-state index in [0.717, 1.165) is 16.9 Å². The maximum Gasteiger partial charge on any atom is 0.189 e. The maximum atomic E-state index is 7.01. The number of hydrogen-bond donors (Lipinski definition) is 0. The molecule has 1 aromatic heterocycles. The van der Waals surface area contributed by atoms with Gasteiger partial charge in [0.2, 0.25) is 0 Å². The molecule has 0 spiro atoms. The van der Waals surface area contributed by atoms with E-state index in [-0.39, 0.29) is 5.41 Å². The third-order valence-corrected chi connectivity index (χ3v) is 2.66. The highest BCUT2D eigenvalue weighted by Crippen LogP contribution is 2.27. The molecule has 3 heteroatoms. The largest absolute Gasteiger partial charge is 0.332 e. The molecule has 1 aromatic carbocycles. The Labute approximate surface area is 95.5 Å². The first-order chi connectivity index (χ1) is 7.43. The molecule has 82 valence electrons. The average Bonchev–Trinajstić information content (AvgIpc) is 2.55. The van der Waals surface area contributed by atoms with Crippen LogP contribution in [0.15, 0.2) is 18.2 Å². The van der Waals surface area contributed by atoms with Gasteiger partial charge in [0.1, 0.15) is 5.82 Å². The number of rotatable bonds is 0. The lowest BCUT2D eigenvalue weighted by Gasteiger charge is -2.17. The molecule has 16 heavy (non-hydrogen) atoms. The first-order valence-corrected chi connectivity index (χ1v) is 5.28. The summed E-state index contributed by atoms with van der Waals surface area (Å²) in [4.78, 5) is 8.06. The maximum absolute atomic E-state index is 7.01. The summed E-state index contributed by atoms with van der Waals surface area (Å²) >= 11 is 0. The van der Waals surface area contributed by atoms with E-state index in [2.05, 4.69) is 35.2 Å². The van der Waals surface area contributed by atoms with E-state index in [1.807, 2.05) is 25.2 Å². The molecule has 0 aliphatic carbocycles. The molecule has 0 bridgehead atoms. The quantitative estimate of drug-likeness (QED) is 0.615. The second-order valence-electron chi connectivity index (χ2n) is 5.03. The number of aromatic nitrogens is 2. The minimum Gasteiger partial charge on any atom is -0.332 e. The van der Waals surface area contributed by atoms with Gasteiger partial charge in [0, 0.05) is 12.5 Å². The van der Waals surface area contributed by atoms with Crippen LogP contribution in [0.5, 0.6) is 0 Å². The lowest BCUT2D eigenvalue weighted by atomic mass is 9.96. The Morgan fingerprint density at radius 2 is 2.00 bits per heavy atom. The van der Waals surface area contributed by atoms with Crippen LogP contribution in [0, 0.1) is 6.57 Å². The monoisotopic (exact) mass is 213 g/mol. The second kappa shape index (κ2) is 3.34. The Balaban J connectivity index is 2.75. The van der Waals surface area contributed by atoms with Gasteiger partial charge in [0.05, 0.1) is 17.6 Å². The molecule has 2 aromatic rings. The van der Waals surface area contributed by atoms with Crippen molar-refractivity contribution in [2.24, 2.45) is 7.05 Å². The molecule has 0 aliphatic rings. The number of benzene rings is 1. The predicted molar refractivity (Wildman–Crippen MR) is 65.7 cm³/mol. The average molecular weight is 213 g/mol. The van der Waals surface area contributed by atoms with Crippen LogP contribution in [-0.4, -0.2) is 9.55 Å². The van der Waals surface area contributed by atoms with E-state index >= 15 is 0 Å². The molecule has 3 nitrogen and oxygen atoms in total. The van der Waals surface area contributed by atoms with Crippen molar-refractivity contribution in [1.29, 1.82) is 0 Å². The highest BCUT2D eigenvalue weighted by molar-refractivity contribution is 5.80. The van der Waals surface area contributed by atoms with Gasteiger partial charge >= 0.3 is 0 Å². The third-order valence-electron chi connectivity index (χ3n) is 2.66. The van der Waals surface area contributed by atoms with Gasteiger partial charge in [0.25, 0.3) is 0 Å². The standard InChI is InChI=1S/C13H15N3/c1-13(2,3)12-15-10-7-6-9(14-4)8-11(10)16(12)5/h6-8H,1-3,5H3. The van der Waals surface area contributed by atoms with Crippen molar-refractivity contribution in [2.45, 2.75) is 26.2 Å². The number of imidazole rings is 1. The first-order valence-electron chi connectivity index (χ1n) is 5.28. The summed E-state index contributed by atoms with van der Waals surface area (Å²) in [5.41, 5.74) is 2.67. The van der Waals surface area contributed by atoms with Crippen LogP contribution in [0.3, 0.4) is 0 Å². The van der Waals surface area contributed by atoms with E-state index in [1.165, 1.54) is 0 Å². The molecular weight excluding hydrogens is 198 g/mol. The lowest BCUT2D eigenvalue weighted by Crippen LogP contribution is -2.17. The predicted octanol–water partition coefficient (Wildman–Crippen LogP) is 3.42. The summed E-state index contributed by atoms with van der Waals surface area (Å²) in [7, 11) is 2.00. The zero-order chi connectivity index (χ0) is 11.9. The highest BCUT2D eigenvalue weighted by Gasteiger charge is 2.20. The Bertz CT molecular complexity index is 579. The van der Waals surface area contributed by atoms with Gasteiger partial charge in [-0.05, 0) is 12.1 Å². The fourth-order valence-corrected chi connectivity index (χ4v) is 1.92. The van der Waals surface area contributed by atoms with Crippen molar-refractivity contribution < 1.29 is 0 Å². The lowest BCUT2D eigenvalue weighted by molar-refractivity contribution is 0.527. The summed E-state index contributed by atoms with van der Waals surface area (Å²) in [5, 5.41) is 0. The summed E-state index contributed by atoms with van der Waals surface area (Å²) in [6, 6.07) is 5.62. The molecule has 0 fully saturated rings. The molecule has 0 aliphatic heterocycles. The fourth-order valence-electron chi connectivity index (χ4n) is 1.92. The number of nitrogens with zero attached hydrogens (tertiary/aromatic N) is 3. The van der Waals surface area contributed by atoms with Crippen molar-refractivity contribution in [1.82, 2.24) is 9.55 Å². The number of aryl methyl sites for hydroxylation is 1. The van der Waals surface area contributed by atoms with Crippen molar-refractivity contribution in [3.05, 3.63) is 35.4 Å². The zero-order valence-corrected chi connectivity index (χ0v) is 10.1. The van der Waals surface area contributed by atoms with Crippen LogP contribution >= 0.6 is 0 Å². The van der Waals surface area contributed by atoms with Crippen LogP contribution in [0.4, 0.5) is 5.69 Å². The van der Waals surface area contributed by atoms with E-state index in [4.69, 9.17) is 6.57 Å². The SMILES string of the molecule is [C-]#[N+]c1ccc2nc(C(C)(C)C)n(C)c2c1.